The summed E-state index contributed by atoms with van der Waals surface area (Å²) in [6.45, 7) is 12.7. The van der Waals surface area contributed by atoms with Crippen molar-refractivity contribution in [2.24, 2.45) is 46.3 Å². The predicted octanol–water partition coefficient (Wildman–Crippen LogP) is 14.8. The molecule has 2 aromatic rings. The van der Waals surface area contributed by atoms with Crippen LogP contribution in [0.15, 0.2) is 48.5 Å². The molecular weight excluding hydrogens is 897 g/mol. The minimum atomic E-state index is -5.01. The molecule has 13 heteroatoms. The van der Waals surface area contributed by atoms with E-state index in [2.05, 4.69) is 39.5 Å². The Balaban J connectivity index is 1.20. The number of ketones is 3. The third kappa shape index (κ3) is 13.0. The number of benzene rings is 2. The highest BCUT2D eigenvalue weighted by Crippen LogP contribution is 2.68. The standard InChI is InChI=1S/C56H77F6NO6/c1-6-8-10-12-14-16-32-63(33-17-15-13-11-9-7-2)49(65)29-18-37(3)44-27-28-45-50-46(36-48(54(44,45)5)69-42-25-21-39(22-26-42)52(67)56(60,61)62)53(4)31-30-43(34-40(53)35-47(50)64)68-41-23-19-38(20-24-41)51(66)55(57,58)59/h19-26,37,40,43-46,48,50H,6-18,27-36H2,1-5H3/t37-,40?,43?,44?,45?,46?,48?,50?,53+,54-/m1/s1. The van der Waals surface area contributed by atoms with Gasteiger partial charge in [-0.1, -0.05) is 98.8 Å². The van der Waals surface area contributed by atoms with Crippen molar-refractivity contribution in [1.82, 2.24) is 4.90 Å². The fraction of sp³-hybridized carbons (Fsp3) is 0.714. The van der Waals surface area contributed by atoms with Crippen LogP contribution in [0.3, 0.4) is 0 Å². The molecule has 0 N–H and O–H groups in total. The Morgan fingerprint density at radius 3 is 1.71 bits per heavy atom. The van der Waals surface area contributed by atoms with Gasteiger partial charge in [-0.05, 0) is 141 Å². The molecule has 4 fully saturated rings. The Bertz CT molecular complexity index is 2000. The molecule has 0 radical (unpaired) electrons. The Kier molecular flexibility index (Phi) is 18.6. The van der Waals surface area contributed by atoms with Crippen molar-refractivity contribution in [3.05, 3.63) is 59.7 Å². The number of halogens is 6. The van der Waals surface area contributed by atoms with Crippen LogP contribution < -0.4 is 9.47 Å². The van der Waals surface area contributed by atoms with Gasteiger partial charge < -0.3 is 14.4 Å². The molecule has 7 nitrogen and oxygen atoms in total. The molecule has 0 aromatic heterocycles. The second-order valence-corrected chi connectivity index (χ2v) is 21.7. The van der Waals surface area contributed by atoms with E-state index in [0.717, 1.165) is 82.3 Å². The molecule has 69 heavy (non-hydrogen) atoms. The minimum absolute atomic E-state index is 0.0235. The Hall–Kier alpha value is -3.90. The smallest absolute Gasteiger partial charge is 0.454 e. The van der Waals surface area contributed by atoms with Crippen LogP contribution in [0.5, 0.6) is 11.5 Å². The zero-order chi connectivity index (χ0) is 50.1. The summed E-state index contributed by atoms with van der Waals surface area (Å²) in [6, 6.07) is 10.2. The SMILES string of the molecule is CCCCCCCCN(CCCCCCCC)C(=O)CC[C@@H](C)C1CCC2C3C(=O)CC4CC(Oc5ccc(C(=O)C(F)(F)F)cc5)CC[C@]4(C)C3CC(Oc3ccc(C(=O)C(F)(F)F)cc3)[C@@]21C. The van der Waals surface area contributed by atoms with Gasteiger partial charge in [0.1, 0.15) is 23.4 Å². The Morgan fingerprint density at radius 1 is 0.681 bits per heavy atom. The topological polar surface area (TPSA) is 90.0 Å². The number of Topliss-reactive ketones (excluding diaryl/α,β-unsaturated/α-hetero) is 3. The van der Waals surface area contributed by atoms with Gasteiger partial charge in [-0.3, -0.25) is 19.2 Å². The first-order valence-corrected chi connectivity index (χ1v) is 26.3. The van der Waals surface area contributed by atoms with Crippen LogP contribution in [0.1, 0.15) is 190 Å². The molecule has 0 saturated heterocycles. The Morgan fingerprint density at radius 2 is 1.19 bits per heavy atom. The average molecular weight is 974 g/mol. The molecule has 2 aromatic carbocycles. The maximum absolute atomic E-state index is 14.7. The number of unbranched alkanes of at least 4 members (excludes halogenated alkanes) is 10. The number of nitrogens with zero attached hydrogens (tertiary/aromatic N) is 1. The van der Waals surface area contributed by atoms with Crippen LogP contribution in [0.2, 0.25) is 0 Å². The van der Waals surface area contributed by atoms with Crippen LogP contribution >= 0.6 is 0 Å². The first-order valence-electron chi connectivity index (χ1n) is 26.3. The van der Waals surface area contributed by atoms with E-state index >= 15 is 0 Å². The normalized spacial score (nSPS) is 28.3. The number of carbonyl (C=O) groups excluding carboxylic acids is 4. The lowest BCUT2D eigenvalue weighted by atomic mass is 9.43. The molecule has 0 heterocycles. The summed E-state index contributed by atoms with van der Waals surface area (Å²) < 4.78 is 92.5. The lowest BCUT2D eigenvalue weighted by Crippen LogP contribution is -2.62. The number of rotatable bonds is 24. The molecule has 0 aliphatic heterocycles. The average Bonchev–Trinajstić information content (AvgIpc) is 3.67. The van der Waals surface area contributed by atoms with Gasteiger partial charge in [-0.15, -0.1) is 0 Å². The highest BCUT2D eigenvalue weighted by Gasteiger charge is 2.67. The summed E-state index contributed by atoms with van der Waals surface area (Å²) in [5.41, 5.74) is -1.72. The van der Waals surface area contributed by atoms with Crippen molar-refractivity contribution < 1.29 is 55.0 Å². The van der Waals surface area contributed by atoms with Crippen LogP contribution in [0, 0.1) is 46.3 Å². The zero-order valence-electron chi connectivity index (χ0n) is 41.7. The van der Waals surface area contributed by atoms with E-state index in [1.807, 2.05) is 0 Å². The number of carbonyl (C=O) groups is 4. The minimum Gasteiger partial charge on any atom is -0.490 e. The first kappa shape index (κ1) is 54.4. The van der Waals surface area contributed by atoms with Gasteiger partial charge in [0.25, 0.3) is 11.6 Å². The lowest BCUT2D eigenvalue weighted by Gasteiger charge is -2.62. The van der Waals surface area contributed by atoms with Gasteiger partial charge in [0.05, 0.1) is 6.10 Å². The molecule has 4 saturated carbocycles. The third-order valence-electron chi connectivity index (χ3n) is 17.3. The van der Waals surface area contributed by atoms with Gasteiger partial charge in [0, 0.05) is 48.4 Å². The van der Waals surface area contributed by atoms with Gasteiger partial charge in [-0.2, -0.15) is 26.3 Å². The van der Waals surface area contributed by atoms with E-state index in [4.69, 9.17) is 9.47 Å². The maximum atomic E-state index is 14.7. The molecule has 384 valence electrons. The summed E-state index contributed by atoms with van der Waals surface area (Å²) in [7, 11) is 0. The summed E-state index contributed by atoms with van der Waals surface area (Å²) in [5.74, 6) is -2.83. The van der Waals surface area contributed by atoms with Crippen LogP contribution in [-0.2, 0) is 9.59 Å². The number of amides is 1. The molecule has 10 atom stereocenters. The number of hydrogen-bond acceptors (Lipinski definition) is 6. The summed E-state index contributed by atoms with van der Waals surface area (Å²) >= 11 is 0. The molecule has 0 spiro atoms. The molecule has 4 aliphatic carbocycles. The summed E-state index contributed by atoms with van der Waals surface area (Å²) in [5, 5.41) is 0. The van der Waals surface area contributed by atoms with E-state index in [1.54, 1.807) is 0 Å². The summed E-state index contributed by atoms with van der Waals surface area (Å²) in [6.07, 6.45) is 8.89. The quantitative estimate of drug-likeness (QED) is 0.0591. The lowest BCUT2D eigenvalue weighted by molar-refractivity contribution is -0.177. The van der Waals surface area contributed by atoms with Crippen LogP contribution in [-0.4, -0.2) is 65.8 Å². The fourth-order valence-electron chi connectivity index (χ4n) is 13.4. The number of ether oxygens (including phenoxy) is 2. The number of fused-ring (bicyclic) bond motifs is 5. The van der Waals surface area contributed by atoms with E-state index in [9.17, 15) is 45.5 Å². The monoisotopic (exact) mass is 974 g/mol. The van der Waals surface area contributed by atoms with Gasteiger partial charge in [-0.25, -0.2) is 0 Å². The maximum Gasteiger partial charge on any atom is 0.454 e. The second kappa shape index (κ2) is 23.6. The zero-order valence-corrected chi connectivity index (χ0v) is 41.7. The highest BCUT2D eigenvalue weighted by molar-refractivity contribution is 6.00. The van der Waals surface area contributed by atoms with Crippen molar-refractivity contribution in [1.29, 1.82) is 0 Å². The van der Waals surface area contributed by atoms with Crippen molar-refractivity contribution >= 4 is 23.3 Å². The second-order valence-electron chi connectivity index (χ2n) is 21.7. The molecule has 1 amide bonds. The van der Waals surface area contributed by atoms with Gasteiger partial charge >= 0.3 is 12.4 Å². The predicted molar refractivity (Wildman–Crippen MR) is 255 cm³/mol. The van der Waals surface area contributed by atoms with Gasteiger partial charge in [0.2, 0.25) is 5.91 Å². The van der Waals surface area contributed by atoms with Crippen molar-refractivity contribution in [2.75, 3.05) is 13.1 Å². The van der Waals surface area contributed by atoms with Crippen LogP contribution in [0.25, 0.3) is 0 Å². The highest BCUT2D eigenvalue weighted by atomic mass is 19.4. The summed E-state index contributed by atoms with van der Waals surface area (Å²) in [4.78, 5) is 54.8. The van der Waals surface area contributed by atoms with Gasteiger partial charge in [0.15, 0.2) is 0 Å². The van der Waals surface area contributed by atoms with E-state index in [-0.39, 0.29) is 58.7 Å². The largest absolute Gasteiger partial charge is 0.490 e. The molecular formula is C56H77F6NO6. The van der Waals surface area contributed by atoms with E-state index < -0.39 is 46.6 Å². The van der Waals surface area contributed by atoms with E-state index in [1.165, 1.54) is 75.6 Å². The third-order valence-corrected chi connectivity index (χ3v) is 17.3. The van der Waals surface area contributed by atoms with Crippen molar-refractivity contribution in [3.8, 4) is 11.5 Å². The number of alkyl halides is 6. The van der Waals surface area contributed by atoms with Crippen LogP contribution in [0.4, 0.5) is 26.3 Å². The molecule has 4 aliphatic rings. The van der Waals surface area contributed by atoms with Crippen molar-refractivity contribution in [2.45, 2.75) is 194 Å². The fourth-order valence-corrected chi connectivity index (χ4v) is 13.4. The molecule has 6 rings (SSSR count). The molecule has 7 unspecified atom stereocenters. The first-order chi connectivity index (χ1) is 32.7. The number of hydrogen-bond donors (Lipinski definition) is 0. The Labute approximate surface area is 406 Å². The van der Waals surface area contributed by atoms with Crippen molar-refractivity contribution in [3.63, 3.8) is 0 Å². The van der Waals surface area contributed by atoms with E-state index in [0.29, 0.717) is 50.0 Å². The molecule has 0 bridgehead atoms.